The second kappa shape index (κ2) is 7.21. The minimum atomic E-state index is -0.677. The lowest BCUT2D eigenvalue weighted by Gasteiger charge is -2.13. The Balaban J connectivity index is 1.95. The Morgan fingerprint density at radius 3 is 2.85 bits per heavy atom. The van der Waals surface area contributed by atoms with Gasteiger partial charge < -0.3 is 14.6 Å². The Morgan fingerprint density at radius 1 is 1.35 bits per heavy atom. The topological polar surface area (TPSA) is 64.5 Å². The van der Waals surface area contributed by atoms with Crippen molar-refractivity contribution in [2.45, 2.75) is 25.4 Å². The zero-order chi connectivity index (χ0) is 14.4. The summed E-state index contributed by atoms with van der Waals surface area (Å²) in [4.78, 5) is 9.62. The van der Waals surface area contributed by atoms with Gasteiger partial charge in [0.05, 0.1) is 20.4 Å². The highest BCUT2D eigenvalue weighted by Crippen LogP contribution is 2.26. The summed E-state index contributed by atoms with van der Waals surface area (Å²) in [6.45, 7) is 0. The van der Waals surface area contributed by atoms with Gasteiger partial charge in [0.2, 0.25) is 11.8 Å². The molecule has 0 aliphatic rings. The fraction of sp³-hybridized carbons (Fsp3) is 0.429. The molecule has 5 nitrogen and oxygen atoms in total. The molecular formula is C14H18N2O3S. The number of ether oxygens (including phenoxy) is 2. The number of methoxy groups -OCH3 is 2. The summed E-state index contributed by atoms with van der Waals surface area (Å²) in [5.41, 5.74) is 0.458. The summed E-state index contributed by atoms with van der Waals surface area (Å²) in [5.74, 6) is 0.685. The number of nitrogens with zero attached hydrogens (tertiary/aromatic N) is 2. The summed E-state index contributed by atoms with van der Waals surface area (Å²) in [6.07, 6.45) is 3.28. The molecule has 2 rings (SSSR count). The number of rotatable bonds is 7. The molecule has 0 saturated carbocycles. The summed E-state index contributed by atoms with van der Waals surface area (Å²) in [7, 11) is 3.02. The predicted octanol–water partition coefficient (Wildman–Crippen LogP) is 2.61. The molecule has 0 aromatic carbocycles. The highest BCUT2D eigenvalue weighted by Gasteiger charge is 2.17. The number of hydrogen-bond donors (Lipinski definition) is 1. The van der Waals surface area contributed by atoms with Gasteiger partial charge in [-0.3, -0.25) is 0 Å². The van der Waals surface area contributed by atoms with Gasteiger partial charge in [0.25, 0.3) is 0 Å². The first-order valence-corrected chi connectivity index (χ1v) is 7.28. The van der Waals surface area contributed by atoms with Gasteiger partial charge >= 0.3 is 0 Å². The van der Waals surface area contributed by atoms with Crippen LogP contribution >= 0.6 is 11.3 Å². The molecule has 0 aliphatic carbocycles. The molecule has 2 aromatic heterocycles. The Morgan fingerprint density at radius 2 is 2.20 bits per heavy atom. The number of aromatic nitrogens is 2. The lowest BCUT2D eigenvalue weighted by atomic mass is 10.1. The van der Waals surface area contributed by atoms with E-state index in [1.54, 1.807) is 11.3 Å². The van der Waals surface area contributed by atoms with Gasteiger partial charge in [0.1, 0.15) is 11.8 Å². The fourth-order valence-electron chi connectivity index (χ4n) is 1.90. The van der Waals surface area contributed by atoms with Crippen molar-refractivity contribution in [3.63, 3.8) is 0 Å². The zero-order valence-corrected chi connectivity index (χ0v) is 12.4. The van der Waals surface area contributed by atoms with E-state index in [2.05, 4.69) is 21.4 Å². The van der Waals surface area contributed by atoms with Crippen LogP contribution in [0.25, 0.3) is 0 Å². The molecule has 2 heterocycles. The fourth-order valence-corrected chi connectivity index (χ4v) is 2.66. The van der Waals surface area contributed by atoms with Gasteiger partial charge in [-0.2, -0.15) is 4.98 Å². The first kappa shape index (κ1) is 14.7. The van der Waals surface area contributed by atoms with Gasteiger partial charge in [-0.05, 0) is 30.7 Å². The van der Waals surface area contributed by atoms with E-state index < -0.39 is 6.10 Å². The average Bonchev–Trinajstić information content (AvgIpc) is 2.99. The molecule has 0 saturated heterocycles. The Bertz CT molecular complexity index is 531. The molecule has 1 atom stereocenters. The van der Waals surface area contributed by atoms with E-state index in [4.69, 9.17) is 9.47 Å². The van der Waals surface area contributed by atoms with Crippen LogP contribution in [-0.4, -0.2) is 29.3 Å². The maximum absolute atomic E-state index is 10.2. The lowest BCUT2D eigenvalue weighted by molar-refractivity contribution is 0.154. The summed E-state index contributed by atoms with van der Waals surface area (Å²) < 4.78 is 10.1. The molecule has 6 heteroatoms. The third-order valence-electron chi connectivity index (χ3n) is 2.94. The van der Waals surface area contributed by atoms with E-state index in [1.807, 2.05) is 6.07 Å². The number of thiophene rings is 1. The monoisotopic (exact) mass is 294 g/mol. The molecule has 1 N–H and O–H groups in total. The molecule has 0 amide bonds. The average molecular weight is 294 g/mol. The maximum atomic E-state index is 10.2. The SMILES string of the molecule is COc1cnc(C(O)CCCc2cccs2)c(OC)n1. The molecular weight excluding hydrogens is 276 g/mol. The molecule has 1 unspecified atom stereocenters. The van der Waals surface area contributed by atoms with Crippen LogP contribution in [0.4, 0.5) is 0 Å². The van der Waals surface area contributed by atoms with E-state index in [-0.39, 0.29) is 0 Å². The van der Waals surface area contributed by atoms with E-state index in [0.29, 0.717) is 23.9 Å². The van der Waals surface area contributed by atoms with Crippen LogP contribution in [0.1, 0.15) is 29.5 Å². The third kappa shape index (κ3) is 3.68. The van der Waals surface area contributed by atoms with Crippen molar-refractivity contribution in [2.75, 3.05) is 14.2 Å². The van der Waals surface area contributed by atoms with Crippen molar-refractivity contribution >= 4 is 11.3 Å². The predicted molar refractivity (Wildman–Crippen MR) is 77.4 cm³/mol. The second-order valence-electron chi connectivity index (χ2n) is 4.29. The molecule has 2 aromatic rings. The Labute approximate surface area is 122 Å². The minimum absolute atomic E-state index is 0.313. The minimum Gasteiger partial charge on any atom is -0.480 e. The zero-order valence-electron chi connectivity index (χ0n) is 11.6. The highest BCUT2D eigenvalue weighted by atomic mass is 32.1. The van der Waals surface area contributed by atoms with Crippen LogP contribution in [0.3, 0.4) is 0 Å². The molecule has 0 radical (unpaired) electrons. The molecule has 0 aliphatic heterocycles. The van der Waals surface area contributed by atoms with Gasteiger partial charge in [-0.15, -0.1) is 11.3 Å². The smallest absolute Gasteiger partial charge is 0.241 e. The van der Waals surface area contributed by atoms with Gasteiger partial charge in [-0.25, -0.2) is 4.98 Å². The van der Waals surface area contributed by atoms with E-state index >= 15 is 0 Å². The van der Waals surface area contributed by atoms with Crippen molar-refractivity contribution in [3.8, 4) is 11.8 Å². The lowest BCUT2D eigenvalue weighted by Crippen LogP contribution is -2.06. The molecule has 108 valence electrons. The maximum Gasteiger partial charge on any atom is 0.241 e. The summed E-state index contributed by atoms with van der Waals surface area (Å²) in [5, 5.41) is 12.3. The summed E-state index contributed by atoms with van der Waals surface area (Å²) in [6, 6.07) is 4.14. The number of hydrogen-bond acceptors (Lipinski definition) is 6. The number of aliphatic hydroxyl groups is 1. The quantitative estimate of drug-likeness (QED) is 0.850. The first-order chi connectivity index (χ1) is 9.74. The van der Waals surface area contributed by atoms with Gasteiger partial charge in [-0.1, -0.05) is 6.07 Å². The van der Waals surface area contributed by atoms with Crippen LogP contribution in [0.5, 0.6) is 11.8 Å². The van der Waals surface area contributed by atoms with Crippen molar-refractivity contribution in [2.24, 2.45) is 0 Å². The van der Waals surface area contributed by atoms with Crippen molar-refractivity contribution < 1.29 is 14.6 Å². The number of aliphatic hydroxyl groups excluding tert-OH is 1. The standard InChI is InChI=1S/C14H18N2O3S/c1-18-12-9-15-13(14(16-12)19-2)11(17)7-3-5-10-6-4-8-20-10/h4,6,8-9,11,17H,3,5,7H2,1-2H3. The molecule has 0 bridgehead atoms. The summed E-state index contributed by atoms with van der Waals surface area (Å²) >= 11 is 1.73. The number of aryl methyl sites for hydroxylation is 1. The molecule has 0 spiro atoms. The van der Waals surface area contributed by atoms with E-state index in [1.165, 1.54) is 25.3 Å². The van der Waals surface area contributed by atoms with Gasteiger partial charge in [0.15, 0.2) is 0 Å². The van der Waals surface area contributed by atoms with Gasteiger partial charge in [0, 0.05) is 4.88 Å². The van der Waals surface area contributed by atoms with Crippen molar-refractivity contribution in [3.05, 3.63) is 34.3 Å². The normalized spacial score (nSPS) is 12.2. The molecule has 20 heavy (non-hydrogen) atoms. The first-order valence-electron chi connectivity index (χ1n) is 6.40. The second-order valence-corrected chi connectivity index (χ2v) is 5.33. The Kier molecular flexibility index (Phi) is 5.31. The van der Waals surface area contributed by atoms with Crippen molar-refractivity contribution in [1.82, 2.24) is 9.97 Å². The van der Waals surface area contributed by atoms with Crippen LogP contribution in [0.2, 0.25) is 0 Å². The van der Waals surface area contributed by atoms with E-state index in [0.717, 1.165) is 12.8 Å². The largest absolute Gasteiger partial charge is 0.480 e. The third-order valence-corrected chi connectivity index (χ3v) is 3.88. The Hall–Kier alpha value is -1.66. The van der Waals surface area contributed by atoms with Crippen LogP contribution in [0, 0.1) is 0 Å². The van der Waals surface area contributed by atoms with Crippen LogP contribution in [-0.2, 0) is 6.42 Å². The highest BCUT2D eigenvalue weighted by molar-refractivity contribution is 7.09. The van der Waals surface area contributed by atoms with Crippen LogP contribution < -0.4 is 9.47 Å². The van der Waals surface area contributed by atoms with Crippen LogP contribution in [0.15, 0.2) is 23.7 Å². The molecule has 0 fully saturated rings. The van der Waals surface area contributed by atoms with E-state index in [9.17, 15) is 5.11 Å². The van der Waals surface area contributed by atoms with Crippen molar-refractivity contribution in [1.29, 1.82) is 0 Å².